The fourth-order valence-electron chi connectivity index (χ4n) is 7.19. The zero-order chi connectivity index (χ0) is 25.2. The minimum atomic E-state index is 0.888. The molecule has 0 saturated carbocycles. The Morgan fingerprint density at radius 3 is 0.846 bits per heavy atom. The Morgan fingerprint density at radius 1 is 0.256 bits per heavy atom. The summed E-state index contributed by atoms with van der Waals surface area (Å²) in [5.41, 5.74) is 2.67. The van der Waals surface area contributed by atoms with Crippen molar-refractivity contribution in [3.8, 4) is 0 Å². The number of furan rings is 3. The van der Waals surface area contributed by atoms with Gasteiger partial charge in [0.15, 0.2) is 0 Å². The van der Waals surface area contributed by atoms with Crippen LogP contribution in [0.2, 0.25) is 0 Å². The van der Waals surface area contributed by atoms with Crippen molar-refractivity contribution in [3.63, 3.8) is 0 Å². The number of fused-ring (bicyclic) bond motifs is 21. The molecule has 3 aromatic heterocycles. The molecular weight excluding hydrogens is 480 g/mol. The summed E-state index contributed by atoms with van der Waals surface area (Å²) in [5, 5.41) is 17.1. The summed E-state index contributed by atoms with van der Waals surface area (Å²) >= 11 is 0. The zero-order valence-corrected chi connectivity index (χ0v) is 20.6. The maximum atomic E-state index is 6.36. The molecule has 10 aromatic rings. The minimum Gasteiger partial charge on any atom is -0.464 e. The van der Waals surface area contributed by atoms with Crippen molar-refractivity contribution in [2.24, 2.45) is 0 Å². The van der Waals surface area contributed by atoms with Crippen molar-refractivity contribution in [2.75, 3.05) is 0 Å². The lowest BCUT2D eigenvalue weighted by molar-refractivity contribution is 0.619. The Morgan fingerprint density at radius 2 is 0.538 bits per heavy atom. The summed E-state index contributed by atoms with van der Waals surface area (Å²) in [6, 6.07) is 32.2. The summed E-state index contributed by atoms with van der Waals surface area (Å²) < 4.78 is 19.1. The van der Waals surface area contributed by atoms with Gasteiger partial charge in [-0.1, -0.05) is 72.8 Å². The number of benzene rings is 7. The van der Waals surface area contributed by atoms with E-state index < -0.39 is 0 Å². The highest BCUT2D eigenvalue weighted by molar-refractivity contribution is 6.50. The second kappa shape index (κ2) is 6.77. The van der Waals surface area contributed by atoms with Gasteiger partial charge in [0.1, 0.15) is 16.7 Å². The monoisotopic (exact) mass is 498 g/mol. The van der Waals surface area contributed by atoms with Crippen LogP contribution in [-0.2, 0) is 0 Å². The smallest absolute Gasteiger partial charge is 0.142 e. The summed E-state index contributed by atoms with van der Waals surface area (Å²) in [7, 11) is 0. The second-order valence-corrected chi connectivity index (χ2v) is 10.4. The van der Waals surface area contributed by atoms with Crippen LogP contribution in [0.4, 0.5) is 0 Å². The minimum absolute atomic E-state index is 0.888. The third kappa shape index (κ3) is 2.23. The molecule has 10 rings (SSSR count). The summed E-state index contributed by atoms with van der Waals surface area (Å²) in [5.74, 6) is 0. The molecule has 0 spiro atoms. The van der Waals surface area contributed by atoms with Gasteiger partial charge in [0.05, 0.1) is 18.8 Å². The molecule has 180 valence electrons. The number of hydrogen-bond donors (Lipinski definition) is 0. The number of hydrogen-bond acceptors (Lipinski definition) is 3. The molecule has 0 aliphatic heterocycles. The lowest BCUT2D eigenvalue weighted by Crippen LogP contribution is -1.91. The van der Waals surface area contributed by atoms with Gasteiger partial charge in [-0.15, -0.1) is 0 Å². The van der Waals surface area contributed by atoms with E-state index in [1.54, 1.807) is 0 Å². The maximum Gasteiger partial charge on any atom is 0.142 e. The van der Waals surface area contributed by atoms with Crippen LogP contribution >= 0.6 is 0 Å². The van der Waals surface area contributed by atoms with Crippen molar-refractivity contribution in [3.05, 3.63) is 110 Å². The van der Waals surface area contributed by atoms with Gasteiger partial charge >= 0.3 is 0 Å². The van der Waals surface area contributed by atoms with Gasteiger partial charge in [-0.25, -0.2) is 0 Å². The molecule has 0 atom stereocenters. The van der Waals surface area contributed by atoms with Crippen molar-refractivity contribution < 1.29 is 13.3 Å². The van der Waals surface area contributed by atoms with Crippen molar-refractivity contribution in [1.82, 2.24) is 0 Å². The lowest BCUT2D eigenvalue weighted by atomic mass is 9.84. The molecule has 0 amide bonds. The molecule has 0 aliphatic carbocycles. The zero-order valence-electron chi connectivity index (χ0n) is 20.6. The molecular formula is C36H18O3. The summed E-state index contributed by atoms with van der Waals surface area (Å²) in [6.45, 7) is 0. The van der Waals surface area contributed by atoms with Gasteiger partial charge in [0, 0.05) is 48.5 Å². The maximum absolute atomic E-state index is 6.36. The third-order valence-electron chi connectivity index (χ3n) is 8.64. The summed E-state index contributed by atoms with van der Waals surface area (Å²) in [4.78, 5) is 0. The Labute approximate surface area is 220 Å². The predicted octanol–water partition coefficient (Wildman–Crippen LogP) is 10.8. The first-order chi connectivity index (χ1) is 19.4. The fraction of sp³-hybridized carbons (Fsp3) is 0. The Hall–Kier alpha value is -5.28. The molecule has 3 heteroatoms. The quantitative estimate of drug-likeness (QED) is 0.195. The normalized spacial score (nSPS) is 12.6. The largest absolute Gasteiger partial charge is 0.464 e. The lowest BCUT2D eigenvalue weighted by Gasteiger charge is -2.18. The highest BCUT2D eigenvalue weighted by Gasteiger charge is 2.25. The molecule has 39 heavy (non-hydrogen) atoms. The first kappa shape index (κ1) is 19.8. The molecule has 0 bridgehead atoms. The van der Waals surface area contributed by atoms with E-state index in [2.05, 4.69) is 91.0 Å². The first-order valence-corrected chi connectivity index (χ1v) is 13.2. The van der Waals surface area contributed by atoms with Crippen LogP contribution in [0.25, 0.3) is 97.5 Å². The van der Waals surface area contributed by atoms with Gasteiger partial charge in [-0.05, 0) is 50.5 Å². The van der Waals surface area contributed by atoms with Gasteiger partial charge in [0.25, 0.3) is 0 Å². The van der Waals surface area contributed by atoms with Gasteiger partial charge in [-0.2, -0.15) is 0 Å². The van der Waals surface area contributed by atoms with Crippen LogP contribution in [-0.4, -0.2) is 0 Å². The Kier molecular flexibility index (Phi) is 3.44. The second-order valence-electron chi connectivity index (χ2n) is 10.4. The average Bonchev–Trinajstić information content (AvgIpc) is 3.77. The topological polar surface area (TPSA) is 39.4 Å². The molecule has 0 fully saturated rings. The third-order valence-corrected chi connectivity index (χ3v) is 8.64. The molecule has 0 radical (unpaired) electrons. The van der Waals surface area contributed by atoms with Crippen molar-refractivity contribution in [2.45, 2.75) is 0 Å². The molecule has 3 nitrogen and oxygen atoms in total. The van der Waals surface area contributed by atoms with Gasteiger partial charge < -0.3 is 13.3 Å². The van der Waals surface area contributed by atoms with Crippen LogP contribution in [0.3, 0.4) is 0 Å². The highest BCUT2D eigenvalue weighted by atomic mass is 16.3. The van der Waals surface area contributed by atoms with Gasteiger partial charge in [0.2, 0.25) is 0 Å². The van der Waals surface area contributed by atoms with Crippen LogP contribution in [0.15, 0.2) is 123 Å². The molecule has 0 aliphatic rings. The Bertz CT molecular complexity index is 2340. The predicted molar refractivity (Wildman–Crippen MR) is 161 cm³/mol. The van der Waals surface area contributed by atoms with Crippen LogP contribution in [0, 0.1) is 0 Å². The molecule has 3 heterocycles. The van der Waals surface area contributed by atoms with Crippen LogP contribution in [0.5, 0.6) is 0 Å². The fourth-order valence-corrected chi connectivity index (χ4v) is 7.19. The van der Waals surface area contributed by atoms with Crippen molar-refractivity contribution in [1.29, 1.82) is 0 Å². The van der Waals surface area contributed by atoms with E-state index in [0.29, 0.717) is 0 Å². The van der Waals surface area contributed by atoms with Crippen LogP contribution < -0.4 is 0 Å². The molecule has 0 unspecified atom stereocenters. The van der Waals surface area contributed by atoms with Gasteiger partial charge in [-0.3, -0.25) is 0 Å². The van der Waals surface area contributed by atoms with E-state index >= 15 is 0 Å². The standard InChI is InChI=1S/C36H18O3/c1-4-10-22-19(7-1)25-13-16-37-34(25)31-28(22)32-30(24-12-6-3-9-21(24)26-14-17-38-35(26)32)33-29(31)23-11-5-2-8-20(23)27-15-18-39-36(27)33/h1-18H. The van der Waals surface area contributed by atoms with E-state index in [1.807, 2.05) is 18.8 Å². The van der Waals surface area contributed by atoms with E-state index in [4.69, 9.17) is 13.3 Å². The van der Waals surface area contributed by atoms with Crippen molar-refractivity contribution >= 4 is 97.5 Å². The molecule has 0 N–H and O–H groups in total. The van der Waals surface area contributed by atoms with E-state index in [9.17, 15) is 0 Å². The van der Waals surface area contributed by atoms with E-state index in [0.717, 1.165) is 65.2 Å². The summed E-state index contributed by atoms with van der Waals surface area (Å²) in [6.07, 6.45) is 5.43. The number of rotatable bonds is 0. The van der Waals surface area contributed by atoms with E-state index in [1.165, 1.54) is 32.3 Å². The first-order valence-electron chi connectivity index (χ1n) is 13.2. The molecule has 7 aromatic carbocycles. The molecule has 0 saturated heterocycles. The highest BCUT2D eigenvalue weighted by Crippen LogP contribution is 2.52. The SMILES string of the molecule is c1ccc2c(c1)c1ccoc1c1c2c2c3occc3c3ccccc3c2c2c3occc3c3ccccc3c12. The Balaban J connectivity index is 1.77. The average molecular weight is 499 g/mol. The van der Waals surface area contributed by atoms with Crippen LogP contribution in [0.1, 0.15) is 0 Å². The van der Waals surface area contributed by atoms with E-state index in [-0.39, 0.29) is 0 Å².